The van der Waals surface area contributed by atoms with Crippen LogP contribution in [0.2, 0.25) is 0 Å². The third kappa shape index (κ3) is 3.84. The molecule has 1 saturated heterocycles. The lowest BCUT2D eigenvalue weighted by molar-refractivity contribution is 0.0486. The van der Waals surface area contributed by atoms with Gasteiger partial charge in [-0.1, -0.05) is 6.92 Å². The van der Waals surface area contributed by atoms with E-state index in [1.165, 1.54) is 0 Å². The van der Waals surface area contributed by atoms with Crippen LogP contribution in [-0.2, 0) is 6.42 Å². The first-order valence-corrected chi connectivity index (χ1v) is 10.0. The molecule has 0 bridgehead atoms. The van der Waals surface area contributed by atoms with Crippen molar-refractivity contribution in [3.8, 4) is 0 Å². The first kappa shape index (κ1) is 18.8. The Kier molecular flexibility index (Phi) is 5.24. The van der Waals surface area contributed by atoms with Crippen molar-refractivity contribution in [3.05, 3.63) is 47.5 Å². The Morgan fingerprint density at radius 2 is 1.93 bits per heavy atom. The molecule has 2 unspecified atom stereocenters. The average molecular weight is 383 g/mol. The molecule has 3 heterocycles. The molecular weight excluding hydrogens is 357 g/mol. The van der Waals surface area contributed by atoms with Crippen molar-refractivity contribution in [2.24, 2.45) is 0 Å². The quantitative estimate of drug-likeness (QED) is 0.794. The fraction of sp³-hybridized carbons (Fsp3) is 0.524. The Morgan fingerprint density at radius 1 is 1.18 bits per heavy atom. The van der Waals surface area contributed by atoms with Gasteiger partial charge in [0, 0.05) is 36.9 Å². The summed E-state index contributed by atoms with van der Waals surface area (Å²) in [7, 11) is 0. The number of carbonyl (C=O) groups is 1. The lowest BCUT2D eigenvalue weighted by Gasteiger charge is -2.41. The van der Waals surface area contributed by atoms with Gasteiger partial charge in [0.25, 0.3) is 5.91 Å². The molecule has 0 aromatic carbocycles. The number of carbonyl (C=O) groups excluding carboxylic acids is 1. The third-order valence-corrected chi connectivity index (χ3v) is 5.58. The summed E-state index contributed by atoms with van der Waals surface area (Å²) in [6.07, 6.45) is 7.39. The van der Waals surface area contributed by atoms with Gasteiger partial charge in [-0.05, 0) is 50.3 Å². The van der Waals surface area contributed by atoms with E-state index in [1.807, 2.05) is 17.9 Å². The van der Waals surface area contributed by atoms with E-state index in [0.717, 1.165) is 30.5 Å². The van der Waals surface area contributed by atoms with Crippen molar-refractivity contribution in [3.63, 3.8) is 0 Å². The molecule has 4 rings (SSSR count). The van der Waals surface area contributed by atoms with Gasteiger partial charge >= 0.3 is 0 Å². The number of pyridine rings is 1. The van der Waals surface area contributed by atoms with Gasteiger partial charge in [0.05, 0.1) is 18.2 Å². The summed E-state index contributed by atoms with van der Waals surface area (Å²) in [5.74, 6) is 0.449. The number of aromatic nitrogens is 3. The Morgan fingerprint density at radius 3 is 2.50 bits per heavy atom. The van der Waals surface area contributed by atoms with Crippen LogP contribution in [0.4, 0.5) is 10.3 Å². The molecule has 2 aromatic heterocycles. The molecule has 1 aliphatic heterocycles. The van der Waals surface area contributed by atoms with Crippen molar-refractivity contribution in [1.82, 2.24) is 19.9 Å². The minimum Gasteiger partial charge on any atom is -0.338 e. The average Bonchev–Trinajstić information content (AvgIpc) is 3.55. The Hall–Kier alpha value is -2.57. The highest BCUT2D eigenvalue weighted by atomic mass is 19.1. The van der Waals surface area contributed by atoms with Crippen LogP contribution in [0, 0.1) is 6.92 Å². The Labute approximate surface area is 164 Å². The number of aryl methyl sites for hydroxylation is 2. The summed E-state index contributed by atoms with van der Waals surface area (Å²) in [4.78, 5) is 29.7. The van der Waals surface area contributed by atoms with E-state index in [0.29, 0.717) is 24.5 Å². The Bertz CT molecular complexity index is 822. The first-order chi connectivity index (χ1) is 13.6. The van der Waals surface area contributed by atoms with Gasteiger partial charge in [0.2, 0.25) is 5.95 Å². The molecular formula is C21H26FN5O. The highest BCUT2D eigenvalue weighted by molar-refractivity contribution is 5.94. The number of hydrogen-bond donors (Lipinski definition) is 0. The first-order valence-electron chi connectivity index (χ1n) is 10.0. The zero-order valence-corrected chi connectivity index (χ0v) is 16.4. The van der Waals surface area contributed by atoms with E-state index < -0.39 is 12.2 Å². The zero-order valence-electron chi connectivity index (χ0n) is 16.4. The maximum absolute atomic E-state index is 15.2. The number of anilines is 1. The normalized spacial score (nSPS) is 22.2. The minimum atomic E-state index is -1.13. The van der Waals surface area contributed by atoms with Gasteiger partial charge in [0.15, 0.2) is 0 Å². The number of rotatable bonds is 5. The lowest BCUT2D eigenvalue weighted by Crippen LogP contribution is -2.55. The van der Waals surface area contributed by atoms with Crippen LogP contribution in [0.15, 0.2) is 30.7 Å². The zero-order chi connectivity index (χ0) is 19.7. The second-order valence-electron chi connectivity index (χ2n) is 7.69. The monoisotopic (exact) mass is 383 g/mol. The molecule has 0 N–H and O–H groups in total. The van der Waals surface area contributed by atoms with Crippen molar-refractivity contribution in [1.29, 1.82) is 0 Å². The second kappa shape index (κ2) is 7.81. The van der Waals surface area contributed by atoms with E-state index in [1.54, 1.807) is 29.6 Å². The van der Waals surface area contributed by atoms with Crippen LogP contribution >= 0.6 is 0 Å². The third-order valence-electron chi connectivity index (χ3n) is 5.58. The van der Waals surface area contributed by atoms with Crippen molar-refractivity contribution in [2.45, 2.75) is 57.8 Å². The summed E-state index contributed by atoms with van der Waals surface area (Å²) in [6, 6.07) is 3.34. The molecule has 6 nitrogen and oxygen atoms in total. The van der Waals surface area contributed by atoms with E-state index in [2.05, 4.69) is 21.9 Å². The summed E-state index contributed by atoms with van der Waals surface area (Å²) >= 11 is 0. The van der Waals surface area contributed by atoms with Gasteiger partial charge in [-0.3, -0.25) is 9.78 Å². The molecule has 2 atom stereocenters. The highest BCUT2D eigenvalue weighted by Crippen LogP contribution is 2.34. The van der Waals surface area contributed by atoms with Gasteiger partial charge in [0.1, 0.15) is 6.17 Å². The molecule has 1 aliphatic carbocycles. The lowest BCUT2D eigenvalue weighted by atomic mass is 10.00. The Balaban J connectivity index is 1.48. The summed E-state index contributed by atoms with van der Waals surface area (Å²) in [6.45, 7) is 4.78. The van der Waals surface area contributed by atoms with Crippen molar-refractivity contribution in [2.75, 3.05) is 18.0 Å². The molecule has 1 saturated carbocycles. The predicted octanol–water partition coefficient (Wildman–Crippen LogP) is 2.96. The number of halogens is 1. The van der Waals surface area contributed by atoms with Gasteiger partial charge in [-0.25, -0.2) is 14.4 Å². The molecule has 1 amide bonds. The predicted molar refractivity (Wildman–Crippen MR) is 105 cm³/mol. The van der Waals surface area contributed by atoms with E-state index in [4.69, 9.17) is 0 Å². The molecule has 2 aliphatic rings. The smallest absolute Gasteiger partial charge is 0.256 e. The maximum atomic E-state index is 15.2. The van der Waals surface area contributed by atoms with Crippen molar-refractivity contribution >= 4 is 11.9 Å². The molecule has 0 spiro atoms. The van der Waals surface area contributed by atoms with Gasteiger partial charge in [-0.15, -0.1) is 0 Å². The van der Waals surface area contributed by atoms with Crippen LogP contribution < -0.4 is 4.90 Å². The van der Waals surface area contributed by atoms with Crippen LogP contribution in [0.25, 0.3) is 0 Å². The van der Waals surface area contributed by atoms with Crippen LogP contribution in [-0.4, -0.2) is 57.1 Å². The highest BCUT2D eigenvalue weighted by Gasteiger charge is 2.43. The fourth-order valence-electron chi connectivity index (χ4n) is 3.76. The number of alkyl halides is 1. The number of nitrogens with zero attached hydrogens (tertiary/aromatic N) is 5. The van der Waals surface area contributed by atoms with E-state index in [-0.39, 0.29) is 18.5 Å². The molecule has 2 aromatic rings. The van der Waals surface area contributed by atoms with Crippen molar-refractivity contribution < 1.29 is 9.18 Å². The van der Waals surface area contributed by atoms with Gasteiger partial charge < -0.3 is 9.80 Å². The standard InChI is InChI=1S/C21H26FN5O/c1-3-15-10-24-21(25-11-15)26-9-8-19(18(22)13-26)27(17-6-7-17)20(28)16-5-4-14(2)23-12-16/h4-5,10-12,17-19H,3,6-9,13H2,1-2H3. The molecule has 28 heavy (non-hydrogen) atoms. The molecule has 7 heteroatoms. The van der Waals surface area contributed by atoms with Crippen LogP contribution in [0.1, 0.15) is 47.8 Å². The second-order valence-corrected chi connectivity index (χ2v) is 7.69. The SMILES string of the molecule is CCc1cnc(N2CCC(N(C(=O)c3ccc(C)nc3)C3CC3)C(F)C2)nc1. The van der Waals surface area contributed by atoms with Crippen LogP contribution in [0.3, 0.4) is 0 Å². The largest absolute Gasteiger partial charge is 0.338 e. The fourth-order valence-corrected chi connectivity index (χ4v) is 3.76. The van der Waals surface area contributed by atoms with E-state index in [9.17, 15) is 4.79 Å². The maximum Gasteiger partial charge on any atom is 0.256 e. The van der Waals surface area contributed by atoms with E-state index >= 15 is 4.39 Å². The molecule has 2 fully saturated rings. The number of hydrogen-bond acceptors (Lipinski definition) is 5. The topological polar surface area (TPSA) is 62.2 Å². The van der Waals surface area contributed by atoms with Gasteiger partial charge in [-0.2, -0.15) is 0 Å². The summed E-state index contributed by atoms with van der Waals surface area (Å²) < 4.78 is 15.2. The number of amides is 1. The van der Waals surface area contributed by atoms with Crippen LogP contribution in [0.5, 0.6) is 0 Å². The number of piperidine rings is 1. The molecule has 0 radical (unpaired) electrons. The summed E-state index contributed by atoms with van der Waals surface area (Å²) in [5.41, 5.74) is 2.46. The minimum absolute atomic E-state index is 0.111. The summed E-state index contributed by atoms with van der Waals surface area (Å²) in [5, 5.41) is 0. The molecule has 148 valence electrons.